The number of aryl methyl sites for hydroxylation is 1. The largest absolute Gasteiger partial charge is 0.462 e. The van der Waals surface area contributed by atoms with Crippen molar-refractivity contribution in [3.63, 3.8) is 0 Å². The van der Waals surface area contributed by atoms with Crippen molar-refractivity contribution in [3.05, 3.63) is 16.0 Å². The van der Waals surface area contributed by atoms with E-state index in [-0.39, 0.29) is 11.9 Å². The molecule has 0 saturated carbocycles. The molecule has 1 aliphatic carbocycles. The van der Waals surface area contributed by atoms with Crippen molar-refractivity contribution in [1.29, 1.82) is 0 Å². The quantitative estimate of drug-likeness (QED) is 0.866. The molecule has 5 heteroatoms. The first-order valence-electron chi connectivity index (χ1n) is 7.08. The topological polar surface area (TPSA) is 55.4 Å². The highest BCUT2D eigenvalue weighted by molar-refractivity contribution is 7.17. The summed E-state index contributed by atoms with van der Waals surface area (Å²) in [6.45, 7) is 5.88. The van der Waals surface area contributed by atoms with Gasteiger partial charge < -0.3 is 10.1 Å². The SMILES string of the molecule is CC(=O)Nc1sc2c(c1C(=O)OCC(C)C)CCCC2. The van der Waals surface area contributed by atoms with Crippen LogP contribution in [0.1, 0.15) is 54.4 Å². The van der Waals surface area contributed by atoms with Gasteiger partial charge in [-0.2, -0.15) is 0 Å². The van der Waals surface area contributed by atoms with Crippen LogP contribution >= 0.6 is 11.3 Å². The number of carbonyl (C=O) groups excluding carboxylic acids is 2. The molecule has 0 aliphatic heterocycles. The van der Waals surface area contributed by atoms with Crippen LogP contribution in [0, 0.1) is 5.92 Å². The van der Waals surface area contributed by atoms with Crippen LogP contribution < -0.4 is 5.32 Å². The molecule has 1 aromatic heterocycles. The van der Waals surface area contributed by atoms with Crippen LogP contribution in [0.15, 0.2) is 0 Å². The minimum Gasteiger partial charge on any atom is -0.462 e. The van der Waals surface area contributed by atoms with Crippen LogP contribution in [0.5, 0.6) is 0 Å². The summed E-state index contributed by atoms with van der Waals surface area (Å²) < 4.78 is 5.35. The predicted octanol–water partition coefficient (Wildman–Crippen LogP) is 3.40. The molecule has 2 rings (SSSR count). The van der Waals surface area contributed by atoms with Gasteiger partial charge in [0.05, 0.1) is 12.2 Å². The average molecular weight is 295 g/mol. The number of fused-ring (bicyclic) bond motifs is 1. The summed E-state index contributed by atoms with van der Waals surface area (Å²) in [6.07, 6.45) is 4.13. The second-order valence-corrected chi connectivity index (χ2v) is 6.69. The Hall–Kier alpha value is -1.36. The number of anilines is 1. The van der Waals surface area contributed by atoms with Gasteiger partial charge in [-0.1, -0.05) is 13.8 Å². The van der Waals surface area contributed by atoms with Crippen molar-refractivity contribution >= 4 is 28.2 Å². The Morgan fingerprint density at radius 2 is 2.00 bits per heavy atom. The molecule has 1 heterocycles. The van der Waals surface area contributed by atoms with Crippen LogP contribution in [0.25, 0.3) is 0 Å². The molecule has 0 aromatic carbocycles. The summed E-state index contributed by atoms with van der Waals surface area (Å²) in [6, 6.07) is 0. The summed E-state index contributed by atoms with van der Waals surface area (Å²) >= 11 is 1.52. The highest BCUT2D eigenvalue weighted by Crippen LogP contribution is 2.38. The van der Waals surface area contributed by atoms with E-state index in [0.29, 0.717) is 23.1 Å². The van der Waals surface area contributed by atoms with E-state index in [2.05, 4.69) is 5.32 Å². The Morgan fingerprint density at radius 1 is 1.30 bits per heavy atom. The van der Waals surface area contributed by atoms with Crippen LogP contribution in [-0.4, -0.2) is 18.5 Å². The van der Waals surface area contributed by atoms with Crippen molar-refractivity contribution in [2.24, 2.45) is 5.92 Å². The number of esters is 1. The molecule has 0 atom stereocenters. The number of hydrogen-bond donors (Lipinski definition) is 1. The number of ether oxygens (including phenoxy) is 1. The number of carbonyl (C=O) groups is 2. The van der Waals surface area contributed by atoms with Gasteiger partial charge in [-0.3, -0.25) is 4.79 Å². The van der Waals surface area contributed by atoms with Crippen molar-refractivity contribution < 1.29 is 14.3 Å². The Labute approximate surface area is 123 Å². The maximum absolute atomic E-state index is 12.3. The molecular weight excluding hydrogens is 274 g/mol. The Balaban J connectivity index is 2.30. The lowest BCUT2D eigenvalue weighted by Gasteiger charge is -2.13. The zero-order chi connectivity index (χ0) is 14.7. The molecular formula is C15H21NO3S. The van der Waals surface area contributed by atoms with Gasteiger partial charge in [0.1, 0.15) is 5.00 Å². The third kappa shape index (κ3) is 3.39. The first-order valence-corrected chi connectivity index (χ1v) is 7.90. The first-order chi connectivity index (χ1) is 9.49. The summed E-state index contributed by atoms with van der Waals surface area (Å²) in [5.41, 5.74) is 1.67. The number of hydrogen-bond acceptors (Lipinski definition) is 4. The van der Waals surface area contributed by atoms with E-state index in [4.69, 9.17) is 4.74 Å². The first kappa shape index (κ1) is 15.0. The summed E-state index contributed by atoms with van der Waals surface area (Å²) in [5, 5.41) is 3.43. The Morgan fingerprint density at radius 3 is 2.65 bits per heavy atom. The van der Waals surface area contributed by atoms with Crippen molar-refractivity contribution in [2.75, 3.05) is 11.9 Å². The van der Waals surface area contributed by atoms with Gasteiger partial charge >= 0.3 is 5.97 Å². The maximum atomic E-state index is 12.3. The summed E-state index contributed by atoms with van der Waals surface area (Å²) in [4.78, 5) is 24.8. The highest BCUT2D eigenvalue weighted by atomic mass is 32.1. The van der Waals surface area contributed by atoms with Gasteiger partial charge in [0.25, 0.3) is 0 Å². The Kier molecular flexibility index (Phi) is 4.81. The molecule has 0 saturated heterocycles. The molecule has 20 heavy (non-hydrogen) atoms. The monoisotopic (exact) mass is 295 g/mol. The zero-order valence-electron chi connectivity index (χ0n) is 12.2. The third-order valence-corrected chi connectivity index (χ3v) is 4.42. The lowest BCUT2D eigenvalue weighted by Crippen LogP contribution is -2.15. The van der Waals surface area contributed by atoms with Gasteiger partial charge in [0, 0.05) is 11.8 Å². The number of rotatable bonds is 4. The van der Waals surface area contributed by atoms with Gasteiger partial charge in [-0.15, -0.1) is 11.3 Å². The van der Waals surface area contributed by atoms with E-state index in [0.717, 1.165) is 31.2 Å². The Bertz CT molecular complexity index is 519. The molecule has 1 amide bonds. The molecule has 4 nitrogen and oxygen atoms in total. The standard InChI is InChI=1S/C15H21NO3S/c1-9(2)8-19-15(18)13-11-6-4-5-7-12(11)20-14(13)16-10(3)17/h9H,4-8H2,1-3H3,(H,16,17). The molecule has 1 N–H and O–H groups in total. The van der Waals surface area contributed by atoms with Crippen molar-refractivity contribution in [2.45, 2.75) is 46.5 Å². The van der Waals surface area contributed by atoms with E-state index in [9.17, 15) is 9.59 Å². The molecule has 0 fully saturated rings. The minimum atomic E-state index is -0.304. The second kappa shape index (κ2) is 6.39. The fourth-order valence-corrected chi connectivity index (χ4v) is 3.67. The third-order valence-electron chi connectivity index (χ3n) is 3.21. The van der Waals surface area contributed by atoms with Crippen molar-refractivity contribution in [1.82, 2.24) is 0 Å². The highest BCUT2D eigenvalue weighted by Gasteiger charge is 2.26. The van der Waals surface area contributed by atoms with Crippen LogP contribution in [0.4, 0.5) is 5.00 Å². The molecule has 0 bridgehead atoms. The normalized spacial score (nSPS) is 14.0. The molecule has 110 valence electrons. The van der Waals surface area contributed by atoms with E-state index >= 15 is 0 Å². The minimum absolute atomic E-state index is 0.151. The van der Waals surface area contributed by atoms with E-state index in [1.165, 1.54) is 23.1 Å². The number of nitrogens with one attached hydrogen (secondary N) is 1. The number of thiophene rings is 1. The lowest BCUT2D eigenvalue weighted by molar-refractivity contribution is -0.114. The van der Waals surface area contributed by atoms with Crippen LogP contribution in [0.2, 0.25) is 0 Å². The van der Waals surface area contributed by atoms with Crippen LogP contribution in [-0.2, 0) is 22.4 Å². The molecule has 1 aliphatic rings. The number of amides is 1. The summed E-state index contributed by atoms with van der Waals surface area (Å²) in [5.74, 6) is -0.152. The smallest absolute Gasteiger partial charge is 0.341 e. The summed E-state index contributed by atoms with van der Waals surface area (Å²) in [7, 11) is 0. The molecule has 0 unspecified atom stereocenters. The van der Waals surface area contributed by atoms with Gasteiger partial charge in [-0.05, 0) is 37.2 Å². The molecule has 0 radical (unpaired) electrons. The van der Waals surface area contributed by atoms with E-state index < -0.39 is 0 Å². The van der Waals surface area contributed by atoms with E-state index in [1.807, 2.05) is 13.8 Å². The maximum Gasteiger partial charge on any atom is 0.341 e. The molecule has 1 aromatic rings. The van der Waals surface area contributed by atoms with Gasteiger partial charge in [-0.25, -0.2) is 4.79 Å². The fraction of sp³-hybridized carbons (Fsp3) is 0.600. The van der Waals surface area contributed by atoms with E-state index in [1.54, 1.807) is 0 Å². The average Bonchev–Trinajstić information content (AvgIpc) is 2.72. The van der Waals surface area contributed by atoms with Crippen LogP contribution in [0.3, 0.4) is 0 Å². The van der Waals surface area contributed by atoms with Gasteiger partial charge in [0.2, 0.25) is 5.91 Å². The lowest BCUT2D eigenvalue weighted by atomic mass is 9.95. The second-order valence-electron chi connectivity index (χ2n) is 5.59. The van der Waals surface area contributed by atoms with Crippen molar-refractivity contribution in [3.8, 4) is 0 Å². The predicted molar refractivity (Wildman–Crippen MR) is 80.4 cm³/mol. The fourth-order valence-electron chi connectivity index (χ4n) is 2.34. The van der Waals surface area contributed by atoms with Gasteiger partial charge in [0.15, 0.2) is 0 Å². The molecule has 0 spiro atoms. The zero-order valence-corrected chi connectivity index (χ0v) is 13.1.